The SMILES string of the molecule is C[C](CF)c1cc(F)cc(C#N)c1. The maximum atomic E-state index is 12.8. The van der Waals surface area contributed by atoms with Gasteiger partial charge in [-0.15, -0.1) is 0 Å². The van der Waals surface area contributed by atoms with Gasteiger partial charge in [0.2, 0.25) is 0 Å². The molecular formula is C10H8F2N. The highest BCUT2D eigenvalue weighted by molar-refractivity contribution is 5.39. The summed E-state index contributed by atoms with van der Waals surface area (Å²) < 4.78 is 25.0. The molecule has 1 aromatic rings. The van der Waals surface area contributed by atoms with Gasteiger partial charge in [-0.1, -0.05) is 6.92 Å². The highest BCUT2D eigenvalue weighted by Crippen LogP contribution is 2.17. The average Bonchev–Trinajstić information content (AvgIpc) is 2.15. The third kappa shape index (κ3) is 2.25. The fraction of sp³-hybridized carbons (Fsp3) is 0.200. The molecule has 0 spiro atoms. The summed E-state index contributed by atoms with van der Waals surface area (Å²) in [4.78, 5) is 0. The Morgan fingerprint density at radius 3 is 2.69 bits per heavy atom. The molecule has 67 valence electrons. The standard InChI is InChI=1S/C10H8F2N/c1-7(5-11)9-2-8(6-13)3-10(12)4-9/h2-4H,5H2,1H3. The molecule has 1 nitrogen and oxygen atoms in total. The lowest BCUT2D eigenvalue weighted by molar-refractivity contribution is 0.515. The summed E-state index contributed by atoms with van der Waals surface area (Å²) in [6.45, 7) is 0.935. The van der Waals surface area contributed by atoms with E-state index in [9.17, 15) is 8.78 Å². The summed E-state index contributed by atoms with van der Waals surface area (Å²) in [7, 11) is 0. The Morgan fingerprint density at radius 1 is 1.46 bits per heavy atom. The number of hydrogen-bond donors (Lipinski definition) is 0. The molecule has 1 radical (unpaired) electrons. The molecule has 0 unspecified atom stereocenters. The normalized spacial score (nSPS) is 10.1. The number of hydrogen-bond acceptors (Lipinski definition) is 1. The molecule has 0 N–H and O–H groups in total. The van der Waals surface area contributed by atoms with Crippen LogP contribution in [0.2, 0.25) is 0 Å². The Hall–Kier alpha value is -1.43. The van der Waals surface area contributed by atoms with Crippen LogP contribution in [-0.4, -0.2) is 6.67 Å². The van der Waals surface area contributed by atoms with E-state index in [0.29, 0.717) is 11.5 Å². The van der Waals surface area contributed by atoms with Crippen molar-refractivity contribution in [2.75, 3.05) is 6.67 Å². The third-order valence-corrected chi connectivity index (χ3v) is 1.72. The molecule has 0 saturated carbocycles. The van der Waals surface area contributed by atoms with Gasteiger partial charge in [-0.2, -0.15) is 5.26 Å². The number of nitriles is 1. The topological polar surface area (TPSA) is 23.8 Å². The Labute approximate surface area is 75.6 Å². The van der Waals surface area contributed by atoms with E-state index in [1.165, 1.54) is 12.1 Å². The molecule has 0 bridgehead atoms. The Kier molecular flexibility index (Phi) is 2.97. The van der Waals surface area contributed by atoms with E-state index in [2.05, 4.69) is 0 Å². The molecule has 0 fully saturated rings. The molecule has 1 rings (SSSR count). The van der Waals surface area contributed by atoms with E-state index in [-0.39, 0.29) is 5.56 Å². The van der Waals surface area contributed by atoms with Crippen molar-refractivity contribution in [2.24, 2.45) is 0 Å². The second kappa shape index (κ2) is 3.99. The highest BCUT2D eigenvalue weighted by atomic mass is 19.1. The van der Waals surface area contributed by atoms with Crippen LogP contribution in [0.25, 0.3) is 0 Å². The van der Waals surface area contributed by atoms with Crippen molar-refractivity contribution in [3.05, 3.63) is 41.1 Å². The van der Waals surface area contributed by atoms with Crippen LogP contribution in [0.5, 0.6) is 0 Å². The minimum absolute atomic E-state index is 0.211. The summed E-state index contributed by atoms with van der Waals surface area (Å²) in [5.74, 6) is -0.0853. The fourth-order valence-corrected chi connectivity index (χ4v) is 0.978. The first-order valence-electron chi connectivity index (χ1n) is 3.77. The van der Waals surface area contributed by atoms with Crippen LogP contribution in [0.4, 0.5) is 8.78 Å². The second-order valence-electron chi connectivity index (χ2n) is 2.75. The molecular weight excluding hydrogens is 172 g/mol. The first kappa shape index (κ1) is 9.66. The average molecular weight is 180 g/mol. The van der Waals surface area contributed by atoms with Gasteiger partial charge in [0, 0.05) is 5.92 Å². The van der Waals surface area contributed by atoms with Gasteiger partial charge in [0.25, 0.3) is 0 Å². The molecule has 0 aromatic heterocycles. The van der Waals surface area contributed by atoms with E-state index in [1.54, 1.807) is 6.92 Å². The van der Waals surface area contributed by atoms with Crippen molar-refractivity contribution < 1.29 is 8.78 Å². The van der Waals surface area contributed by atoms with Gasteiger partial charge in [0.1, 0.15) is 5.82 Å². The highest BCUT2D eigenvalue weighted by Gasteiger charge is 2.08. The number of alkyl halides is 1. The number of benzene rings is 1. The quantitative estimate of drug-likeness (QED) is 0.686. The molecule has 0 aliphatic rings. The maximum Gasteiger partial charge on any atom is 0.124 e. The monoisotopic (exact) mass is 180 g/mol. The zero-order chi connectivity index (χ0) is 9.84. The van der Waals surface area contributed by atoms with E-state index in [4.69, 9.17) is 5.26 Å². The predicted molar refractivity (Wildman–Crippen MR) is 45.1 cm³/mol. The van der Waals surface area contributed by atoms with Gasteiger partial charge in [-0.3, -0.25) is 4.39 Å². The summed E-state index contributed by atoms with van der Waals surface area (Å²) in [5, 5.41) is 8.52. The number of halogens is 2. The van der Waals surface area contributed by atoms with Crippen LogP contribution in [-0.2, 0) is 0 Å². The van der Waals surface area contributed by atoms with E-state index in [1.807, 2.05) is 6.07 Å². The molecule has 1 aromatic carbocycles. The molecule has 13 heavy (non-hydrogen) atoms. The first-order valence-corrected chi connectivity index (χ1v) is 3.77. The van der Waals surface area contributed by atoms with Crippen molar-refractivity contribution in [1.82, 2.24) is 0 Å². The van der Waals surface area contributed by atoms with Gasteiger partial charge >= 0.3 is 0 Å². The summed E-state index contributed by atoms with van der Waals surface area (Å²) in [6, 6.07) is 5.62. The van der Waals surface area contributed by atoms with Crippen LogP contribution >= 0.6 is 0 Å². The van der Waals surface area contributed by atoms with Crippen molar-refractivity contribution >= 4 is 0 Å². The second-order valence-corrected chi connectivity index (χ2v) is 2.75. The number of rotatable bonds is 2. The summed E-state index contributed by atoms with van der Waals surface area (Å²) >= 11 is 0. The van der Waals surface area contributed by atoms with Gasteiger partial charge in [-0.25, -0.2) is 4.39 Å². The molecule has 0 atom stereocenters. The van der Waals surface area contributed by atoms with E-state index in [0.717, 1.165) is 6.07 Å². The van der Waals surface area contributed by atoms with E-state index >= 15 is 0 Å². The molecule has 0 aliphatic heterocycles. The fourth-order valence-electron chi connectivity index (χ4n) is 0.978. The third-order valence-electron chi connectivity index (χ3n) is 1.72. The molecule has 3 heteroatoms. The van der Waals surface area contributed by atoms with Crippen LogP contribution in [0.1, 0.15) is 18.1 Å². The molecule has 0 amide bonds. The smallest absolute Gasteiger partial charge is 0.124 e. The molecule has 0 heterocycles. The van der Waals surface area contributed by atoms with Gasteiger partial charge < -0.3 is 0 Å². The maximum absolute atomic E-state index is 12.8. The summed E-state index contributed by atoms with van der Waals surface area (Å²) in [5.41, 5.74) is 0.654. The Morgan fingerprint density at radius 2 is 2.15 bits per heavy atom. The summed E-state index contributed by atoms with van der Waals surface area (Å²) in [6.07, 6.45) is 0. The van der Waals surface area contributed by atoms with Gasteiger partial charge in [0.15, 0.2) is 0 Å². The van der Waals surface area contributed by atoms with E-state index < -0.39 is 12.5 Å². The lowest BCUT2D eigenvalue weighted by Gasteiger charge is -2.06. The molecule has 0 aliphatic carbocycles. The van der Waals surface area contributed by atoms with Crippen molar-refractivity contribution in [3.63, 3.8) is 0 Å². The molecule has 0 saturated heterocycles. The largest absolute Gasteiger partial charge is 0.250 e. The van der Waals surface area contributed by atoms with Gasteiger partial charge in [-0.05, 0) is 23.8 Å². The van der Waals surface area contributed by atoms with Crippen molar-refractivity contribution in [1.29, 1.82) is 5.26 Å². The van der Waals surface area contributed by atoms with Crippen LogP contribution in [0.3, 0.4) is 0 Å². The minimum atomic E-state index is -0.631. The van der Waals surface area contributed by atoms with Crippen LogP contribution < -0.4 is 0 Å². The first-order chi connectivity index (χ1) is 6.17. The predicted octanol–water partition coefficient (Wildman–Crippen LogP) is 2.61. The van der Waals surface area contributed by atoms with Crippen molar-refractivity contribution in [3.8, 4) is 6.07 Å². The Balaban J connectivity index is 3.10. The van der Waals surface area contributed by atoms with Crippen LogP contribution in [0, 0.1) is 23.1 Å². The zero-order valence-electron chi connectivity index (χ0n) is 7.14. The van der Waals surface area contributed by atoms with Crippen molar-refractivity contribution in [2.45, 2.75) is 6.92 Å². The van der Waals surface area contributed by atoms with Gasteiger partial charge in [0.05, 0.1) is 18.3 Å². The lowest BCUT2D eigenvalue weighted by atomic mass is 10.0. The number of nitrogens with zero attached hydrogens (tertiary/aromatic N) is 1. The zero-order valence-corrected chi connectivity index (χ0v) is 7.14. The minimum Gasteiger partial charge on any atom is -0.250 e. The Bertz CT molecular complexity index is 341. The van der Waals surface area contributed by atoms with Crippen LogP contribution in [0.15, 0.2) is 18.2 Å². The lowest BCUT2D eigenvalue weighted by Crippen LogP contribution is -1.98.